The maximum absolute atomic E-state index is 12.2. The van der Waals surface area contributed by atoms with Crippen LogP contribution in [0.5, 0.6) is 0 Å². The molecule has 94 valence electrons. The molecule has 0 radical (unpaired) electrons. The number of rotatable bonds is 4. The number of nitrogens with zero attached hydrogens (tertiary/aromatic N) is 1. The van der Waals surface area contributed by atoms with E-state index in [1.165, 1.54) is 11.8 Å². The molecule has 0 saturated carbocycles. The van der Waals surface area contributed by atoms with Crippen molar-refractivity contribution in [2.45, 2.75) is 24.3 Å². The Morgan fingerprint density at radius 3 is 2.61 bits per heavy atom. The zero-order valence-electron chi connectivity index (χ0n) is 10.0. The van der Waals surface area contributed by atoms with E-state index in [0.29, 0.717) is 10.8 Å². The van der Waals surface area contributed by atoms with Gasteiger partial charge in [-0.05, 0) is 26.0 Å². The van der Waals surface area contributed by atoms with Crippen molar-refractivity contribution >= 4 is 33.5 Å². The van der Waals surface area contributed by atoms with Gasteiger partial charge >= 0.3 is 0 Å². The molecule has 0 saturated heterocycles. The van der Waals surface area contributed by atoms with Crippen LogP contribution in [-0.4, -0.2) is 16.0 Å². The number of halogens is 1. The monoisotopic (exact) mass is 325 g/mol. The molecule has 1 atom stereocenters. The molecule has 0 aliphatic heterocycles. The number of hydrogen-bond donors (Lipinski definition) is 0. The molecule has 0 spiro atoms. The lowest BCUT2D eigenvalue weighted by Crippen LogP contribution is -2.13. The van der Waals surface area contributed by atoms with Crippen LogP contribution in [0.1, 0.15) is 23.0 Å². The first kappa shape index (κ1) is 13.4. The highest BCUT2D eigenvalue weighted by Crippen LogP contribution is 2.25. The number of aryl methyl sites for hydroxylation is 1. The van der Waals surface area contributed by atoms with Crippen LogP contribution in [0, 0.1) is 6.92 Å². The second-order valence-electron chi connectivity index (χ2n) is 3.89. The third kappa shape index (κ3) is 3.23. The molecule has 0 fully saturated rings. The predicted octanol–water partition coefficient (Wildman–Crippen LogP) is 4.11. The maximum atomic E-state index is 12.2. The van der Waals surface area contributed by atoms with E-state index in [1.807, 2.05) is 38.1 Å². The van der Waals surface area contributed by atoms with Gasteiger partial charge in [-0.2, -0.15) is 0 Å². The first-order chi connectivity index (χ1) is 8.56. The zero-order valence-corrected chi connectivity index (χ0v) is 12.4. The SMILES string of the molecule is Cc1coc(SC(C)C(=O)c2ccc(Br)cc2)n1. The van der Waals surface area contributed by atoms with Gasteiger partial charge in [0.25, 0.3) is 5.22 Å². The van der Waals surface area contributed by atoms with Crippen LogP contribution in [-0.2, 0) is 0 Å². The third-order valence-electron chi connectivity index (χ3n) is 2.37. The number of benzene rings is 1. The highest BCUT2D eigenvalue weighted by Gasteiger charge is 2.18. The second kappa shape index (κ2) is 5.71. The van der Waals surface area contributed by atoms with Gasteiger partial charge in [-0.15, -0.1) is 0 Å². The topological polar surface area (TPSA) is 43.1 Å². The van der Waals surface area contributed by atoms with E-state index in [4.69, 9.17) is 4.42 Å². The van der Waals surface area contributed by atoms with Gasteiger partial charge in [0.1, 0.15) is 6.26 Å². The minimum absolute atomic E-state index is 0.0725. The molecule has 0 aliphatic carbocycles. The largest absolute Gasteiger partial charge is 0.440 e. The Morgan fingerprint density at radius 1 is 1.39 bits per heavy atom. The van der Waals surface area contributed by atoms with E-state index in [-0.39, 0.29) is 11.0 Å². The molecule has 0 N–H and O–H groups in total. The van der Waals surface area contributed by atoms with Gasteiger partial charge in [0.2, 0.25) is 0 Å². The summed E-state index contributed by atoms with van der Waals surface area (Å²) in [5.74, 6) is 0.0725. The van der Waals surface area contributed by atoms with Crippen molar-refractivity contribution in [1.29, 1.82) is 0 Å². The molecule has 0 aliphatic rings. The predicted molar refractivity (Wildman–Crippen MR) is 75.0 cm³/mol. The highest BCUT2D eigenvalue weighted by molar-refractivity contribution is 9.10. The summed E-state index contributed by atoms with van der Waals surface area (Å²) >= 11 is 4.68. The van der Waals surface area contributed by atoms with Crippen molar-refractivity contribution in [2.24, 2.45) is 0 Å². The Morgan fingerprint density at radius 2 is 2.06 bits per heavy atom. The Hall–Kier alpha value is -1.07. The van der Waals surface area contributed by atoms with Crippen molar-refractivity contribution in [3.05, 3.63) is 46.3 Å². The minimum Gasteiger partial charge on any atom is -0.440 e. The van der Waals surface area contributed by atoms with Crippen LogP contribution in [0.15, 0.2) is 44.6 Å². The van der Waals surface area contributed by atoms with Gasteiger partial charge in [-0.1, -0.05) is 39.8 Å². The average molecular weight is 326 g/mol. The fourth-order valence-electron chi connectivity index (χ4n) is 1.44. The molecule has 1 aromatic heterocycles. The standard InChI is InChI=1S/C13H12BrNO2S/c1-8-7-17-13(15-8)18-9(2)12(16)10-3-5-11(14)6-4-10/h3-7,9H,1-2H3. The summed E-state index contributed by atoms with van der Waals surface area (Å²) in [5, 5.41) is 0.315. The highest BCUT2D eigenvalue weighted by atomic mass is 79.9. The summed E-state index contributed by atoms with van der Waals surface area (Å²) in [4.78, 5) is 16.3. The lowest BCUT2D eigenvalue weighted by atomic mass is 10.1. The van der Waals surface area contributed by atoms with Crippen LogP contribution < -0.4 is 0 Å². The molecule has 1 unspecified atom stereocenters. The number of carbonyl (C=O) groups excluding carboxylic acids is 1. The van der Waals surface area contributed by atoms with E-state index in [9.17, 15) is 4.79 Å². The number of carbonyl (C=O) groups is 1. The molecule has 2 rings (SSSR count). The van der Waals surface area contributed by atoms with Gasteiger partial charge in [0, 0.05) is 10.0 Å². The van der Waals surface area contributed by atoms with Crippen molar-refractivity contribution in [3.63, 3.8) is 0 Å². The fourth-order valence-corrected chi connectivity index (χ4v) is 2.55. The summed E-state index contributed by atoms with van der Waals surface area (Å²) in [6.45, 7) is 3.71. The molecule has 3 nitrogen and oxygen atoms in total. The smallest absolute Gasteiger partial charge is 0.256 e. The Kier molecular flexibility index (Phi) is 4.24. The van der Waals surface area contributed by atoms with E-state index >= 15 is 0 Å². The first-order valence-corrected chi connectivity index (χ1v) is 7.12. The van der Waals surface area contributed by atoms with Gasteiger partial charge < -0.3 is 4.42 Å². The number of aromatic nitrogens is 1. The van der Waals surface area contributed by atoms with Crippen LogP contribution in [0.4, 0.5) is 0 Å². The van der Waals surface area contributed by atoms with Crippen LogP contribution in [0.2, 0.25) is 0 Å². The van der Waals surface area contributed by atoms with Crippen LogP contribution in [0.3, 0.4) is 0 Å². The third-order valence-corrected chi connectivity index (χ3v) is 3.86. The minimum atomic E-state index is -0.218. The van der Waals surface area contributed by atoms with E-state index in [2.05, 4.69) is 20.9 Å². The van der Waals surface area contributed by atoms with Gasteiger partial charge in [0.05, 0.1) is 10.9 Å². The molecule has 5 heteroatoms. The summed E-state index contributed by atoms with van der Waals surface area (Å²) in [5.41, 5.74) is 1.52. The number of thioether (sulfide) groups is 1. The van der Waals surface area contributed by atoms with Gasteiger partial charge in [-0.25, -0.2) is 4.98 Å². The number of Topliss-reactive ketones (excluding diaryl/α,β-unsaturated/α-hetero) is 1. The molecule has 1 aromatic carbocycles. The molecule has 0 amide bonds. The fraction of sp³-hybridized carbons (Fsp3) is 0.231. The van der Waals surface area contributed by atoms with Crippen molar-refractivity contribution in [2.75, 3.05) is 0 Å². The average Bonchev–Trinajstić information content (AvgIpc) is 2.75. The molecule has 18 heavy (non-hydrogen) atoms. The van der Waals surface area contributed by atoms with E-state index in [1.54, 1.807) is 6.26 Å². The normalized spacial score (nSPS) is 12.4. The van der Waals surface area contributed by atoms with Gasteiger partial charge in [-0.3, -0.25) is 4.79 Å². The molecular weight excluding hydrogens is 314 g/mol. The Labute approximate surface area is 118 Å². The molecular formula is C13H12BrNO2S. The van der Waals surface area contributed by atoms with Crippen LogP contribution in [0.25, 0.3) is 0 Å². The summed E-state index contributed by atoms with van der Waals surface area (Å²) in [7, 11) is 0. The number of oxazole rings is 1. The lowest BCUT2D eigenvalue weighted by Gasteiger charge is -2.07. The van der Waals surface area contributed by atoms with Crippen molar-refractivity contribution in [1.82, 2.24) is 4.98 Å². The van der Waals surface area contributed by atoms with E-state index in [0.717, 1.165) is 10.2 Å². The lowest BCUT2D eigenvalue weighted by molar-refractivity contribution is 0.0993. The maximum Gasteiger partial charge on any atom is 0.256 e. The molecule has 0 bridgehead atoms. The second-order valence-corrected chi connectivity index (χ2v) is 6.09. The number of ketones is 1. The number of hydrogen-bond acceptors (Lipinski definition) is 4. The first-order valence-electron chi connectivity index (χ1n) is 5.45. The summed E-state index contributed by atoms with van der Waals surface area (Å²) in [6.07, 6.45) is 1.58. The van der Waals surface area contributed by atoms with Crippen molar-refractivity contribution in [3.8, 4) is 0 Å². The van der Waals surface area contributed by atoms with E-state index < -0.39 is 0 Å². The Bertz CT molecular complexity index is 550. The Balaban J connectivity index is 2.07. The quantitative estimate of drug-likeness (QED) is 0.626. The van der Waals surface area contributed by atoms with Gasteiger partial charge in [0.15, 0.2) is 5.78 Å². The zero-order chi connectivity index (χ0) is 13.1. The van der Waals surface area contributed by atoms with Crippen LogP contribution >= 0.6 is 27.7 Å². The summed E-state index contributed by atoms with van der Waals surface area (Å²) < 4.78 is 6.19. The summed E-state index contributed by atoms with van der Waals surface area (Å²) in [6, 6.07) is 7.34. The molecule has 1 heterocycles. The molecule has 2 aromatic rings. The van der Waals surface area contributed by atoms with Crippen molar-refractivity contribution < 1.29 is 9.21 Å².